The lowest BCUT2D eigenvalue weighted by atomic mass is 10.1. The van der Waals surface area contributed by atoms with Crippen LogP contribution in [0.4, 0.5) is 0 Å². The molecule has 0 aliphatic carbocycles. The first-order valence-electron chi connectivity index (χ1n) is 7.59. The van der Waals surface area contributed by atoms with Crippen molar-refractivity contribution in [2.75, 3.05) is 13.7 Å². The number of hydrogen-bond donors (Lipinski definition) is 2. The van der Waals surface area contributed by atoms with Gasteiger partial charge in [-0.1, -0.05) is 46.3 Å². The highest BCUT2D eigenvalue weighted by Gasteiger charge is 2.11. The summed E-state index contributed by atoms with van der Waals surface area (Å²) in [6, 6.07) is 15.1. The molecule has 0 radical (unpaired) electrons. The fraction of sp³-hybridized carbons (Fsp3) is 0.167. The Bertz CT molecular complexity index is 763. The summed E-state index contributed by atoms with van der Waals surface area (Å²) in [7, 11) is 1.54. The molecule has 0 bridgehead atoms. The summed E-state index contributed by atoms with van der Waals surface area (Å²) in [6.07, 6.45) is 2.07. The molecule has 6 nitrogen and oxygen atoms in total. The third kappa shape index (κ3) is 6.04. The number of benzene rings is 2. The minimum atomic E-state index is -0.821. The summed E-state index contributed by atoms with van der Waals surface area (Å²) in [5.41, 5.74) is 3.95. The Labute approximate surface area is 154 Å². The number of amides is 2. The summed E-state index contributed by atoms with van der Waals surface area (Å²) in [4.78, 5) is 23.4. The molecule has 0 unspecified atom stereocenters. The van der Waals surface area contributed by atoms with Gasteiger partial charge in [0.25, 0.3) is 0 Å². The molecule has 0 heterocycles. The van der Waals surface area contributed by atoms with E-state index in [0.29, 0.717) is 24.3 Å². The number of nitrogens with one attached hydrogen (secondary N) is 2. The molecule has 0 aromatic heterocycles. The highest BCUT2D eigenvalue weighted by molar-refractivity contribution is 9.10. The van der Waals surface area contributed by atoms with E-state index in [1.54, 1.807) is 19.2 Å². The van der Waals surface area contributed by atoms with Crippen molar-refractivity contribution >= 4 is 34.0 Å². The zero-order valence-corrected chi connectivity index (χ0v) is 15.2. The van der Waals surface area contributed by atoms with Crippen molar-refractivity contribution in [1.82, 2.24) is 10.7 Å². The highest BCUT2D eigenvalue weighted by Crippen LogP contribution is 2.21. The third-order valence-corrected chi connectivity index (χ3v) is 3.80. The maximum absolute atomic E-state index is 11.7. The van der Waals surface area contributed by atoms with Gasteiger partial charge < -0.3 is 10.1 Å². The SMILES string of the molecule is COc1ccc(Br)cc1C=NNC(=O)C(=O)NCCc1ccccc1. The maximum atomic E-state index is 11.7. The molecule has 0 spiro atoms. The zero-order chi connectivity index (χ0) is 18.1. The number of halogens is 1. The molecule has 0 aliphatic heterocycles. The Balaban J connectivity index is 1.81. The lowest BCUT2D eigenvalue weighted by molar-refractivity contribution is -0.139. The Morgan fingerprint density at radius 1 is 1.16 bits per heavy atom. The Morgan fingerprint density at radius 3 is 2.64 bits per heavy atom. The molecule has 7 heteroatoms. The molecule has 0 aliphatic rings. The molecule has 2 aromatic carbocycles. The van der Waals surface area contributed by atoms with E-state index in [1.807, 2.05) is 36.4 Å². The van der Waals surface area contributed by atoms with Gasteiger partial charge in [0, 0.05) is 16.6 Å². The first kappa shape index (κ1) is 18.7. The third-order valence-electron chi connectivity index (χ3n) is 3.31. The van der Waals surface area contributed by atoms with Crippen molar-refractivity contribution in [3.63, 3.8) is 0 Å². The van der Waals surface area contributed by atoms with Crippen LogP contribution in [0.5, 0.6) is 5.75 Å². The van der Waals surface area contributed by atoms with E-state index in [9.17, 15) is 9.59 Å². The minimum absolute atomic E-state index is 0.374. The molecule has 130 valence electrons. The van der Waals surface area contributed by atoms with Crippen molar-refractivity contribution in [3.05, 3.63) is 64.1 Å². The molecule has 2 amide bonds. The normalized spacial score (nSPS) is 10.5. The van der Waals surface area contributed by atoms with E-state index in [0.717, 1.165) is 10.0 Å². The van der Waals surface area contributed by atoms with E-state index in [1.165, 1.54) is 6.21 Å². The molecule has 0 saturated carbocycles. The first-order chi connectivity index (χ1) is 12.1. The number of carbonyl (C=O) groups is 2. The molecule has 2 aromatic rings. The predicted octanol–water partition coefficient (Wildman–Crippen LogP) is 2.27. The molecule has 0 saturated heterocycles. The summed E-state index contributed by atoms with van der Waals surface area (Å²) in [5, 5.41) is 6.35. The lowest BCUT2D eigenvalue weighted by Gasteiger charge is -2.05. The molecular formula is C18H18BrN3O3. The number of methoxy groups -OCH3 is 1. The van der Waals surface area contributed by atoms with E-state index in [4.69, 9.17) is 4.74 Å². The van der Waals surface area contributed by atoms with Gasteiger partial charge in [0.05, 0.1) is 13.3 Å². The van der Waals surface area contributed by atoms with Gasteiger partial charge in [0.1, 0.15) is 5.75 Å². The van der Waals surface area contributed by atoms with Crippen LogP contribution in [0.3, 0.4) is 0 Å². The number of ether oxygens (including phenoxy) is 1. The number of nitrogens with zero attached hydrogens (tertiary/aromatic N) is 1. The van der Waals surface area contributed by atoms with Crippen molar-refractivity contribution in [2.45, 2.75) is 6.42 Å². The van der Waals surface area contributed by atoms with Gasteiger partial charge in [-0.2, -0.15) is 5.10 Å². The van der Waals surface area contributed by atoms with E-state index >= 15 is 0 Å². The quantitative estimate of drug-likeness (QED) is 0.441. The number of hydrogen-bond acceptors (Lipinski definition) is 4. The van der Waals surface area contributed by atoms with Crippen molar-refractivity contribution in [1.29, 1.82) is 0 Å². The van der Waals surface area contributed by atoms with Gasteiger partial charge in [-0.25, -0.2) is 5.43 Å². The second-order valence-electron chi connectivity index (χ2n) is 5.08. The van der Waals surface area contributed by atoms with Crippen LogP contribution in [-0.4, -0.2) is 31.7 Å². The minimum Gasteiger partial charge on any atom is -0.496 e. The fourth-order valence-electron chi connectivity index (χ4n) is 2.06. The Morgan fingerprint density at radius 2 is 1.92 bits per heavy atom. The largest absolute Gasteiger partial charge is 0.496 e. The number of hydrazone groups is 1. The van der Waals surface area contributed by atoms with Gasteiger partial charge in [0.2, 0.25) is 0 Å². The van der Waals surface area contributed by atoms with Crippen molar-refractivity contribution in [2.24, 2.45) is 5.10 Å². The topological polar surface area (TPSA) is 79.8 Å². The smallest absolute Gasteiger partial charge is 0.329 e. The first-order valence-corrected chi connectivity index (χ1v) is 8.38. The maximum Gasteiger partial charge on any atom is 0.329 e. The van der Waals surface area contributed by atoms with Crippen LogP contribution >= 0.6 is 15.9 Å². The van der Waals surface area contributed by atoms with Crippen molar-refractivity contribution < 1.29 is 14.3 Å². The van der Waals surface area contributed by atoms with Crippen LogP contribution in [0.2, 0.25) is 0 Å². The van der Waals surface area contributed by atoms with E-state index in [-0.39, 0.29) is 0 Å². The molecule has 2 rings (SSSR count). The highest BCUT2D eigenvalue weighted by atomic mass is 79.9. The Hall–Kier alpha value is -2.67. The average Bonchev–Trinajstić information content (AvgIpc) is 2.62. The standard InChI is InChI=1S/C18H18BrN3O3/c1-25-16-8-7-15(19)11-14(16)12-21-22-18(24)17(23)20-10-9-13-5-3-2-4-6-13/h2-8,11-12H,9-10H2,1H3,(H,20,23)(H,22,24). The summed E-state index contributed by atoms with van der Waals surface area (Å²) in [6.45, 7) is 0.374. The van der Waals surface area contributed by atoms with Crippen molar-refractivity contribution in [3.8, 4) is 5.75 Å². The van der Waals surface area contributed by atoms with Gasteiger partial charge in [-0.3, -0.25) is 9.59 Å². The predicted molar refractivity (Wildman–Crippen MR) is 99.6 cm³/mol. The van der Waals surface area contributed by atoms with Crippen LogP contribution in [0.1, 0.15) is 11.1 Å². The summed E-state index contributed by atoms with van der Waals surface area (Å²) >= 11 is 3.35. The molecule has 25 heavy (non-hydrogen) atoms. The van der Waals surface area contributed by atoms with Crippen LogP contribution in [0.25, 0.3) is 0 Å². The second-order valence-corrected chi connectivity index (χ2v) is 5.99. The summed E-state index contributed by atoms with van der Waals surface area (Å²) in [5.74, 6) is -0.943. The Kier molecular flexibility index (Phi) is 7.16. The molecule has 0 atom stereocenters. The summed E-state index contributed by atoms with van der Waals surface area (Å²) < 4.78 is 6.04. The van der Waals surface area contributed by atoms with Gasteiger partial charge in [-0.15, -0.1) is 0 Å². The number of carbonyl (C=O) groups excluding carboxylic acids is 2. The van der Waals surface area contributed by atoms with Gasteiger partial charge >= 0.3 is 11.8 Å². The van der Waals surface area contributed by atoms with Gasteiger partial charge in [0.15, 0.2) is 0 Å². The zero-order valence-electron chi connectivity index (χ0n) is 13.7. The average molecular weight is 404 g/mol. The van der Waals surface area contributed by atoms with Crippen LogP contribution in [0, 0.1) is 0 Å². The van der Waals surface area contributed by atoms with E-state index in [2.05, 4.69) is 31.8 Å². The molecule has 2 N–H and O–H groups in total. The molecule has 0 fully saturated rings. The van der Waals surface area contributed by atoms with Crippen LogP contribution in [0.15, 0.2) is 58.1 Å². The van der Waals surface area contributed by atoms with Crippen LogP contribution < -0.4 is 15.5 Å². The van der Waals surface area contributed by atoms with Gasteiger partial charge in [-0.05, 0) is 30.2 Å². The lowest BCUT2D eigenvalue weighted by Crippen LogP contribution is -2.38. The monoisotopic (exact) mass is 403 g/mol. The molecular weight excluding hydrogens is 386 g/mol. The van der Waals surface area contributed by atoms with E-state index < -0.39 is 11.8 Å². The van der Waals surface area contributed by atoms with Crippen LogP contribution in [-0.2, 0) is 16.0 Å². The fourth-order valence-corrected chi connectivity index (χ4v) is 2.44. The second kappa shape index (κ2) is 9.58. The number of rotatable bonds is 6.